The highest BCUT2D eigenvalue weighted by Crippen LogP contribution is 2.27. The lowest BCUT2D eigenvalue weighted by Gasteiger charge is -2.14. The van der Waals surface area contributed by atoms with Gasteiger partial charge in [-0.25, -0.2) is 4.79 Å². The second-order valence-corrected chi connectivity index (χ2v) is 10.8. The Morgan fingerprint density at radius 1 is 0.844 bits per heavy atom. The van der Waals surface area contributed by atoms with Gasteiger partial charge in [0.1, 0.15) is 17.2 Å². The monoisotopic (exact) mass is 645 g/mol. The highest BCUT2D eigenvalue weighted by molar-refractivity contribution is 8.00. The number of halogens is 1. The average molecular weight is 646 g/mol. The summed E-state index contributed by atoms with van der Waals surface area (Å²) in [4.78, 5) is 51.1. The summed E-state index contributed by atoms with van der Waals surface area (Å²) in [5, 5.41) is 17.5. The zero-order valence-corrected chi connectivity index (χ0v) is 25.7. The summed E-state index contributed by atoms with van der Waals surface area (Å²) >= 11 is 7.11. The summed E-state index contributed by atoms with van der Waals surface area (Å²) in [5.74, 6) is -1.64. The number of carbonyl (C=O) groups is 4. The van der Waals surface area contributed by atoms with Gasteiger partial charge in [-0.15, -0.1) is 11.8 Å². The molecule has 0 spiro atoms. The molecule has 0 aliphatic carbocycles. The van der Waals surface area contributed by atoms with Gasteiger partial charge >= 0.3 is 5.97 Å². The number of rotatable bonds is 12. The second-order valence-electron chi connectivity index (χ2n) is 9.30. The van der Waals surface area contributed by atoms with Crippen molar-refractivity contribution in [3.05, 3.63) is 118 Å². The Morgan fingerprint density at radius 3 is 2.31 bits per heavy atom. The Morgan fingerprint density at radius 2 is 1.60 bits per heavy atom. The molecule has 0 aromatic heterocycles. The zero-order valence-electron chi connectivity index (χ0n) is 24.1. The smallest absolute Gasteiger partial charge is 0.337 e. The molecule has 0 aliphatic heterocycles. The van der Waals surface area contributed by atoms with Gasteiger partial charge in [0.2, 0.25) is 5.91 Å². The third kappa shape index (κ3) is 9.12. The largest absolute Gasteiger partial charge is 0.497 e. The van der Waals surface area contributed by atoms with Crippen LogP contribution in [-0.2, 0) is 9.59 Å². The first-order chi connectivity index (χ1) is 21.7. The SMILES string of the molecule is COc1ccc(OC)c(/C=C(/NC(=O)c2ccccc2)C(=O)Nc2cccc(SCC(=O)Nc3ccc(Cl)c(C(=O)O)c3)c2)c1. The van der Waals surface area contributed by atoms with Crippen molar-refractivity contribution in [3.63, 3.8) is 0 Å². The molecule has 0 bridgehead atoms. The minimum absolute atomic E-state index is 0.0103. The van der Waals surface area contributed by atoms with Crippen LogP contribution in [0.15, 0.2) is 102 Å². The van der Waals surface area contributed by atoms with Crippen molar-refractivity contribution in [2.75, 3.05) is 30.6 Å². The van der Waals surface area contributed by atoms with Crippen LogP contribution >= 0.6 is 23.4 Å². The van der Waals surface area contributed by atoms with Crippen LogP contribution in [0.25, 0.3) is 6.08 Å². The summed E-state index contributed by atoms with van der Waals surface area (Å²) in [6.07, 6.45) is 1.49. The molecule has 230 valence electrons. The minimum Gasteiger partial charge on any atom is -0.497 e. The number of amides is 3. The predicted molar refractivity (Wildman–Crippen MR) is 174 cm³/mol. The Labute approximate surface area is 268 Å². The highest BCUT2D eigenvalue weighted by atomic mass is 35.5. The maximum atomic E-state index is 13.5. The molecule has 4 aromatic carbocycles. The van der Waals surface area contributed by atoms with Gasteiger partial charge in [0.05, 0.1) is 30.6 Å². The number of nitrogens with one attached hydrogen (secondary N) is 3. The molecule has 0 unspecified atom stereocenters. The standard InChI is InChI=1S/C33H28ClN3O7S/c1-43-24-12-14-29(44-2)21(15-24)16-28(37-31(39)20-7-4-3-5-8-20)32(40)36-22-9-6-10-25(17-22)45-19-30(38)35-23-11-13-27(34)26(18-23)33(41)42/h3-18H,19H2,1-2H3,(H,35,38)(H,36,40)(H,37,39)(H,41,42)/b28-16+. The van der Waals surface area contributed by atoms with Gasteiger partial charge in [0.25, 0.3) is 11.8 Å². The van der Waals surface area contributed by atoms with Gasteiger partial charge in [-0.2, -0.15) is 0 Å². The lowest BCUT2D eigenvalue weighted by atomic mass is 10.1. The van der Waals surface area contributed by atoms with Crippen molar-refractivity contribution in [2.24, 2.45) is 0 Å². The number of hydrogen-bond acceptors (Lipinski definition) is 7. The van der Waals surface area contributed by atoms with Crippen LogP contribution in [0.2, 0.25) is 5.02 Å². The Hall–Kier alpha value is -5.26. The molecule has 0 radical (unpaired) electrons. The van der Waals surface area contributed by atoms with Gasteiger partial charge < -0.3 is 30.5 Å². The molecule has 10 nitrogen and oxygen atoms in total. The quantitative estimate of drug-likeness (QED) is 0.105. The first-order valence-corrected chi connectivity index (χ1v) is 14.7. The maximum absolute atomic E-state index is 13.5. The maximum Gasteiger partial charge on any atom is 0.337 e. The van der Waals surface area contributed by atoms with Crippen LogP contribution < -0.4 is 25.4 Å². The van der Waals surface area contributed by atoms with Gasteiger partial charge in [-0.3, -0.25) is 14.4 Å². The van der Waals surface area contributed by atoms with Crippen LogP contribution in [0.5, 0.6) is 11.5 Å². The van der Waals surface area contributed by atoms with E-state index >= 15 is 0 Å². The molecule has 0 saturated heterocycles. The second kappa shape index (κ2) is 15.5. The van der Waals surface area contributed by atoms with Crippen molar-refractivity contribution >= 4 is 64.5 Å². The first kappa shape index (κ1) is 32.6. The van der Waals surface area contributed by atoms with Crippen molar-refractivity contribution in [2.45, 2.75) is 4.90 Å². The molecule has 0 fully saturated rings. The normalized spacial score (nSPS) is 10.9. The van der Waals surface area contributed by atoms with Gasteiger partial charge in [0, 0.05) is 27.4 Å². The topological polar surface area (TPSA) is 143 Å². The van der Waals surface area contributed by atoms with Crippen LogP contribution in [0.1, 0.15) is 26.3 Å². The molecule has 0 aliphatic rings. The van der Waals surface area contributed by atoms with Gasteiger partial charge in [0.15, 0.2) is 0 Å². The number of aromatic carboxylic acids is 1. The minimum atomic E-state index is -1.20. The van der Waals surface area contributed by atoms with E-state index in [1.165, 1.54) is 50.3 Å². The number of hydrogen-bond donors (Lipinski definition) is 4. The van der Waals surface area contributed by atoms with Gasteiger partial charge in [-0.05, 0) is 72.8 Å². The fourth-order valence-corrected chi connectivity index (χ4v) is 4.98. The van der Waals surface area contributed by atoms with E-state index in [0.29, 0.717) is 38.9 Å². The molecule has 4 N–H and O–H groups in total. The zero-order chi connectivity index (χ0) is 32.3. The summed E-state index contributed by atoms with van der Waals surface area (Å²) < 4.78 is 10.8. The molecule has 4 rings (SSSR count). The highest BCUT2D eigenvalue weighted by Gasteiger charge is 2.17. The van der Waals surface area contributed by atoms with Gasteiger partial charge in [-0.1, -0.05) is 35.9 Å². The molecule has 4 aromatic rings. The number of carbonyl (C=O) groups excluding carboxylic acids is 3. The van der Waals surface area contributed by atoms with Crippen LogP contribution in [0.3, 0.4) is 0 Å². The number of ether oxygens (including phenoxy) is 2. The fraction of sp³-hybridized carbons (Fsp3) is 0.0909. The summed E-state index contributed by atoms with van der Waals surface area (Å²) in [6, 6.07) is 24.6. The fourth-order valence-electron chi connectivity index (χ4n) is 4.03. The summed E-state index contributed by atoms with van der Waals surface area (Å²) in [5.41, 5.74) is 1.42. The predicted octanol–water partition coefficient (Wildman–Crippen LogP) is 6.20. The average Bonchev–Trinajstić information content (AvgIpc) is 3.04. The third-order valence-electron chi connectivity index (χ3n) is 6.21. The summed E-state index contributed by atoms with van der Waals surface area (Å²) in [7, 11) is 3.01. The van der Waals surface area contributed by atoms with Crippen molar-refractivity contribution in [1.82, 2.24) is 5.32 Å². The van der Waals surface area contributed by atoms with E-state index < -0.39 is 17.8 Å². The molecule has 0 heterocycles. The molecular formula is C33H28ClN3O7S. The molecule has 45 heavy (non-hydrogen) atoms. The molecule has 3 amide bonds. The van der Waals surface area contributed by atoms with E-state index in [1.807, 2.05) is 0 Å². The van der Waals surface area contributed by atoms with Crippen LogP contribution in [0.4, 0.5) is 11.4 Å². The number of benzene rings is 4. The van der Waals surface area contributed by atoms with E-state index in [-0.39, 0.29) is 27.9 Å². The molecule has 12 heteroatoms. The van der Waals surface area contributed by atoms with E-state index in [0.717, 1.165) is 0 Å². The van der Waals surface area contributed by atoms with E-state index in [2.05, 4.69) is 16.0 Å². The molecule has 0 atom stereocenters. The number of thioether (sulfide) groups is 1. The van der Waals surface area contributed by atoms with Crippen molar-refractivity contribution in [1.29, 1.82) is 0 Å². The summed E-state index contributed by atoms with van der Waals surface area (Å²) in [6.45, 7) is 0. The number of carboxylic acid groups (broad SMARTS) is 1. The first-order valence-electron chi connectivity index (χ1n) is 13.3. The van der Waals surface area contributed by atoms with Crippen LogP contribution in [-0.4, -0.2) is 48.8 Å². The van der Waals surface area contributed by atoms with Crippen LogP contribution in [0, 0.1) is 0 Å². The Kier molecular flexibility index (Phi) is 11.2. The van der Waals surface area contributed by atoms with Crippen molar-refractivity contribution in [3.8, 4) is 11.5 Å². The van der Waals surface area contributed by atoms with E-state index in [9.17, 15) is 24.3 Å². The number of methoxy groups -OCH3 is 2. The Balaban J connectivity index is 1.50. The number of carboxylic acids is 1. The lowest BCUT2D eigenvalue weighted by Crippen LogP contribution is -2.30. The molecular weight excluding hydrogens is 618 g/mol. The third-order valence-corrected chi connectivity index (χ3v) is 7.53. The lowest BCUT2D eigenvalue weighted by molar-refractivity contribution is -0.114. The Bertz CT molecular complexity index is 1760. The van der Waals surface area contributed by atoms with Crippen molar-refractivity contribution < 1.29 is 33.8 Å². The molecule has 0 saturated carbocycles. The van der Waals surface area contributed by atoms with E-state index in [4.69, 9.17) is 21.1 Å². The van der Waals surface area contributed by atoms with E-state index in [1.54, 1.807) is 72.8 Å². The number of anilines is 2.